The van der Waals surface area contributed by atoms with E-state index in [-0.39, 0.29) is 51.2 Å². The number of carbonyl (C=O) groups is 1. The molecule has 3 fully saturated rings. The number of nitrogens with two attached hydrogens (primary N) is 3. The highest BCUT2D eigenvalue weighted by atomic mass is 31.3. The number of ether oxygens (including phenoxy) is 4. The van der Waals surface area contributed by atoms with Crippen molar-refractivity contribution in [1.82, 2.24) is 63.5 Å². The number of anilines is 3. The first kappa shape index (κ1) is 58.1. The van der Waals surface area contributed by atoms with Crippen LogP contribution in [0.15, 0.2) is 34.9 Å². The van der Waals surface area contributed by atoms with Crippen LogP contribution in [0.3, 0.4) is 0 Å². The fourth-order valence-electron chi connectivity index (χ4n) is 8.97. The summed E-state index contributed by atoms with van der Waals surface area (Å²) in [6, 6.07) is 0. The molecule has 3 aliphatic rings. The number of methoxy groups -OCH3 is 1. The number of nitrogens with zero attached hydrogens (tertiary/aromatic N) is 11. The molecule has 6 aromatic rings. The maximum atomic E-state index is 14.0. The number of aliphatic hydroxyl groups excluding tert-OH is 3. The first-order chi connectivity index (χ1) is 37.1. The number of carbonyl (C=O) groups excluding carboxylic acids is 1. The summed E-state index contributed by atoms with van der Waals surface area (Å²) in [6.07, 6.45) is -14.6. The van der Waals surface area contributed by atoms with E-state index in [2.05, 4.69) is 53.5 Å². The van der Waals surface area contributed by atoms with E-state index < -0.39 is 154 Å². The van der Waals surface area contributed by atoms with E-state index in [0.29, 0.717) is 0 Å². The smallest absolute Gasteiger partial charge is 0.388 e. The van der Waals surface area contributed by atoms with E-state index in [1.54, 1.807) is 0 Å². The summed E-state index contributed by atoms with van der Waals surface area (Å²) in [7, 11) is -19.1. The van der Waals surface area contributed by atoms with Crippen molar-refractivity contribution in [2.75, 3.05) is 57.8 Å². The first-order valence-corrected chi connectivity index (χ1v) is 29.1. The molecule has 9 heterocycles. The van der Waals surface area contributed by atoms with E-state index in [9.17, 15) is 67.5 Å². The van der Waals surface area contributed by atoms with Crippen LogP contribution in [0.5, 0.6) is 0 Å². The SMILES string of the molecule is CO[C@@H]1[C@H](OP(=O)(O)CC[C@H]2O[C@@H](n3cnc4c(=O)[nH]c(N)nc43)[C@H](O)[C@@H]2O)[C@@H](COP(=O)(O)OP(=O)(O)OP(=O)(O)OC[C@H]2O[C@@H](n3cnc4c(=O)[nH]c(N)nc43)[C@H](O)[C@@H]2CC(=O)N(C)C)O[C@H]1n1cnc2c(N)ncnc21. The molecule has 1 amide bonds. The Bertz CT molecular complexity index is 3600. The van der Waals surface area contributed by atoms with Crippen LogP contribution >= 0.6 is 31.1 Å². The van der Waals surface area contributed by atoms with Crippen LogP contribution in [-0.4, -0.2) is 194 Å². The monoisotopic (exact) mass is 1200 g/mol. The molecule has 39 nitrogen and oxygen atoms in total. The summed E-state index contributed by atoms with van der Waals surface area (Å²) in [6.45, 7) is -2.29. The third-order valence-corrected chi connectivity index (χ3v) is 18.3. The van der Waals surface area contributed by atoms with Gasteiger partial charge in [-0.3, -0.25) is 56.2 Å². The van der Waals surface area contributed by atoms with Crippen molar-refractivity contribution in [2.24, 2.45) is 5.92 Å². The summed E-state index contributed by atoms with van der Waals surface area (Å²) in [5, 5.41) is 33.3. The standard InChI is InChI=1S/C36H50N16O23P4/c1-49(2)17(53)6-13-15(71-32(21(13)54)51-11-43-19-28(51)45-35(38)47-30(19)57)7-68-77(61,62)74-79(65,66)75-78(63,64)69-8-16-24(25(67-3)34(72-16)50-10-42-18-26(37)40-9-41-27(18)50)73-76(59,60)5-4-14-22(55)23(56)33(70-14)52-12-44-20-29(52)46-36(39)48-31(20)58/h9-16,21-25,32-34,54-56H,4-8H2,1-3H3,(H,59,60)(H,61,62)(H,63,64)(H,65,66)(H2,37,40,41)(H3,38,45,47,57)(H3,39,46,48,58)/t13-,14-,15-,16-,21-,22-,23-,24-,25-,32-,33-,34-/m1/s1. The molecule has 0 aliphatic carbocycles. The zero-order chi connectivity index (χ0) is 57.3. The zero-order valence-electron chi connectivity index (χ0n) is 40.9. The minimum atomic E-state index is -6.22. The van der Waals surface area contributed by atoms with Gasteiger partial charge in [-0.25, -0.2) is 38.6 Å². The van der Waals surface area contributed by atoms with Crippen LogP contribution in [0.2, 0.25) is 0 Å². The lowest BCUT2D eigenvalue weighted by atomic mass is 9.94. The molecule has 9 rings (SSSR count). The Kier molecular flexibility index (Phi) is 16.2. The molecular weight excluding hydrogens is 1150 g/mol. The molecular formula is C36H50N16O23P4. The summed E-state index contributed by atoms with van der Waals surface area (Å²) < 4.78 is 105. The van der Waals surface area contributed by atoms with Gasteiger partial charge in [0.15, 0.2) is 52.5 Å². The fraction of sp³-hybridized carbons (Fsp3) is 0.556. The Labute approximate surface area is 439 Å². The van der Waals surface area contributed by atoms with Crippen molar-refractivity contribution in [3.8, 4) is 0 Å². The number of aliphatic hydroxyl groups is 3. The highest BCUT2D eigenvalue weighted by molar-refractivity contribution is 7.66. The van der Waals surface area contributed by atoms with E-state index in [1.165, 1.54) is 25.0 Å². The van der Waals surface area contributed by atoms with Gasteiger partial charge in [0.2, 0.25) is 17.8 Å². The average Bonchev–Trinajstić information content (AvgIpc) is 4.37. The third-order valence-electron chi connectivity index (χ3n) is 12.6. The second-order valence-corrected chi connectivity index (χ2v) is 24.6. The molecule has 15 N–H and O–H groups in total. The number of aromatic nitrogens is 12. The van der Waals surface area contributed by atoms with Gasteiger partial charge >= 0.3 is 31.1 Å². The number of phosphoric acid groups is 3. The summed E-state index contributed by atoms with van der Waals surface area (Å²) >= 11 is 0. The van der Waals surface area contributed by atoms with Crippen LogP contribution in [-0.2, 0) is 64.2 Å². The second-order valence-electron chi connectivity index (χ2n) is 18.0. The number of rotatable bonds is 21. The Balaban J connectivity index is 0.876. The van der Waals surface area contributed by atoms with Crippen molar-refractivity contribution in [3.63, 3.8) is 0 Å². The van der Waals surface area contributed by atoms with Gasteiger partial charge in [0.1, 0.15) is 48.5 Å². The molecule has 432 valence electrons. The maximum absolute atomic E-state index is 14.0. The lowest BCUT2D eigenvalue weighted by molar-refractivity contribution is -0.130. The first-order valence-electron chi connectivity index (χ1n) is 22.9. The normalized spacial score (nSPS) is 29.4. The molecule has 0 saturated carbocycles. The highest BCUT2D eigenvalue weighted by Crippen LogP contribution is 2.68. The lowest BCUT2D eigenvalue weighted by Gasteiger charge is -2.26. The molecule has 0 bridgehead atoms. The number of aromatic amines is 2. The minimum Gasteiger partial charge on any atom is -0.388 e. The van der Waals surface area contributed by atoms with Gasteiger partial charge in [-0.15, -0.1) is 0 Å². The van der Waals surface area contributed by atoms with Gasteiger partial charge in [-0.1, -0.05) is 0 Å². The van der Waals surface area contributed by atoms with Crippen LogP contribution in [0, 0.1) is 5.92 Å². The number of fused-ring (bicyclic) bond motifs is 3. The molecule has 0 radical (unpaired) electrons. The van der Waals surface area contributed by atoms with E-state index in [4.69, 9.17) is 49.7 Å². The molecule has 16 atom stereocenters. The third kappa shape index (κ3) is 12.1. The Morgan fingerprint density at radius 1 is 0.671 bits per heavy atom. The number of nitrogen functional groups attached to an aromatic ring is 3. The number of nitrogens with one attached hydrogen (secondary N) is 2. The van der Waals surface area contributed by atoms with Crippen molar-refractivity contribution in [3.05, 3.63) is 46.0 Å². The molecule has 0 spiro atoms. The Morgan fingerprint density at radius 3 is 1.73 bits per heavy atom. The predicted molar refractivity (Wildman–Crippen MR) is 260 cm³/mol. The quantitative estimate of drug-likeness (QED) is 0.0321. The van der Waals surface area contributed by atoms with Gasteiger partial charge in [-0.2, -0.15) is 18.6 Å². The van der Waals surface area contributed by atoms with Crippen molar-refractivity contribution in [1.29, 1.82) is 0 Å². The van der Waals surface area contributed by atoms with Crippen LogP contribution in [0.1, 0.15) is 31.5 Å². The molecule has 3 aliphatic heterocycles. The highest BCUT2D eigenvalue weighted by Gasteiger charge is 2.53. The zero-order valence-corrected chi connectivity index (χ0v) is 44.5. The second kappa shape index (κ2) is 22.0. The minimum absolute atomic E-state index is 0.0338. The number of hydrogen-bond donors (Lipinski definition) is 12. The number of imidazole rings is 3. The van der Waals surface area contributed by atoms with Crippen molar-refractivity contribution in [2.45, 2.75) is 80.4 Å². The van der Waals surface area contributed by atoms with Gasteiger partial charge < -0.3 is 75.9 Å². The van der Waals surface area contributed by atoms with E-state index >= 15 is 0 Å². The Morgan fingerprint density at radius 2 is 1.18 bits per heavy atom. The van der Waals surface area contributed by atoms with Crippen molar-refractivity contribution >= 4 is 88.2 Å². The molecule has 4 unspecified atom stereocenters. The fourth-order valence-corrected chi connectivity index (χ4v) is 13.8. The number of amides is 1. The van der Waals surface area contributed by atoms with Gasteiger partial charge in [0.05, 0.1) is 50.6 Å². The van der Waals surface area contributed by atoms with Crippen LogP contribution in [0.25, 0.3) is 33.5 Å². The number of hydrogen-bond acceptors (Lipinski definition) is 29. The molecule has 43 heteroatoms. The maximum Gasteiger partial charge on any atom is 0.490 e. The van der Waals surface area contributed by atoms with Gasteiger partial charge in [0.25, 0.3) is 11.1 Å². The summed E-state index contributed by atoms with van der Waals surface area (Å²) in [5.41, 5.74) is 15.3. The molecule has 3 saturated heterocycles. The number of phosphoric ester groups is 2. The molecule has 6 aromatic heterocycles. The predicted octanol–water partition coefficient (Wildman–Crippen LogP) is -2.95. The molecule has 79 heavy (non-hydrogen) atoms. The topological polar surface area (TPSA) is 562 Å². The summed E-state index contributed by atoms with van der Waals surface area (Å²) in [5.74, 6) is -2.50. The molecule has 0 aromatic carbocycles. The van der Waals surface area contributed by atoms with E-state index in [0.717, 1.165) is 40.1 Å². The lowest BCUT2D eigenvalue weighted by Crippen LogP contribution is -2.37. The van der Waals surface area contributed by atoms with Gasteiger partial charge in [-0.05, 0) is 6.42 Å². The van der Waals surface area contributed by atoms with Crippen LogP contribution < -0.4 is 28.3 Å². The van der Waals surface area contributed by atoms with Crippen LogP contribution in [0.4, 0.5) is 17.7 Å². The largest absolute Gasteiger partial charge is 0.490 e. The average molecular weight is 1200 g/mol. The number of H-pyrrole nitrogens is 2. The van der Waals surface area contributed by atoms with Gasteiger partial charge in [0, 0.05) is 33.5 Å². The summed E-state index contributed by atoms with van der Waals surface area (Å²) in [4.78, 5) is 114. The van der Waals surface area contributed by atoms with Crippen molar-refractivity contribution < 1.29 is 99.1 Å². The van der Waals surface area contributed by atoms with E-state index in [1.807, 2.05) is 0 Å². The Hall–Kier alpha value is -5.60.